The highest BCUT2D eigenvalue weighted by Crippen LogP contribution is 2.38. The highest BCUT2D eigenvalue weighted by atomic mass is 16.1. The normalized spacial score (nSPS) is 12.5. The molecular formula is C23H21N3O2. The average Bonchev–Trinajstić information content (AvgIpc) is 2.68. The lowest BCUT2D eigenvalue weighted by atomic mass is 9.82. The highest BCUT2D eigenvalue weighted by Gasteiger charge is 2.33. The van der Waals surface area contributed by atoms with Gasteiger partial charge in [-0.15, -0.1) is 0 Å². The Balaban J connectivity index is 1.92. The minimum Gasteiger partial charge on any atom is -0.398 e. The summed E-state index contributed by atoms with van der Waals surface area (Å²) in [5, 5.41) is 3.34. The molecule has 0 aliphatic heterocycles. The zero-order valence-electron chi connectivity index (χ0n) is 16.0. The van der Waals surface area contributed by atoms with Gasteiger partial charge in [0.15, 0.2) is 11.6 Å². The Labute approximate surface area is 163 Å². The van der Waals surface area contributed by atoms with Crippen molar-refractivity contribution in [2.75, 3.05) is 16.8 Å². The SMILES string of the molecule is Cc1cc(C)c(Nc2ccc(N)c3c2C(=O)c2ccccc2C3=O)c(C)c1N. The van der Waals surface area contributed by atoms with E-state index in [1.807, 2.05) is 26.8 Å². The molecule has 1 aliphatic rings. The van der Waals surface area contributed by atoms with Crippen LogP contribution in [0.15, 0.2) is 42.5 Å². The van der Waals surface area contributed by atoms with Gasteiger partial charge in [0, 0.05) is 28.2 Å². The van der Waals surface area contributed by atoms with Crippen molar-refractivity contribution in [1.29, 1.82) is 0 Å². The zero-order valence-corrected chi connectivity index (χ0v) is 16.0. The first-order valence-electron chi connectivity index (χ1n) is 9.05. The van der Waals surface area contributed by atoms with Gasteiger partial charge in [-0.2, -0.15) is 0 Å². The van der Waals surface area contributed by atoms with E-state index in [0.717, 1.165) is 22.4 Å². The fourth-order valence-electron chi connectivity index (χ4n) is 3.88. The largest absolute Gasteiger partial charge is 0.398 e. The summed E-state index contributed by atoms with van der Waals surface area (Å²) < 4.78 is 0. The third kappa shape index (κ3) is 2.47. The van der Waals surface area contributed by atoms with Crippen LogP contribution in [0.2, 0.25) is 0 Å². The second-order valence-corrected chi connectivity index (χ2v) is 7.21. The number of nitrogen functional groups attached to an aromatic ring is 2. The Hall–Kier alpha value is -3.60. The number of benzene rings is 3. The van der Waals surface area contributed by atoms with E-state index < -0.39 is 0 Å². The number of rotatable bonds is 2. The smallest absolute Gasteiger partial charge is 0.196 e. The highest BCUT2D eigenvalue weighted by molar-refractivity contribution is 6.31. The number of hydrogen-bond acceptors (Lipinski definition) is 5. The molecule has 5 N–H and O–H groups in total. The first kappa shape index (κ1) is 17.8. The third-order valence-corrected chi connectivity index (χ3v) is 5.40. The monoisotopic (exact) mass is 371 g/mol. The first-order valence-corrected chi connectivity index (χ1v) is 9.05. The summed E-state index contributed by atoms with van der Waals surface area (Å²) in [7, 11) is 0. The van der Waals surface area contributed by atoms with Crippen LogP contribution >= 0.6 is 0 Å². The number of fused-ring (bicyclic) bond motifs is 2. The van der Waals surface area contributed by atoms with Crippen molar-refractivity contribution in [3.63, 3.8) is 0 Å². The quantitative estimate of drug-likeness (QED) is 0.457. The summed E-state index contributed by atoms with van der Waals surface area (Å²) >= 11 is 0. The maximum atomic E-state index is 13.2. The van der Waals surface area contributed by atoms with E-state index in [4.69, 9.17) is 11.5 Å². The molecule has 0 bridgehead atoms. The molecule has 0 radical (unpaired) electrons. The molecule has 0 saturated heterocycles. The molecule has 3 aromatic rings. The number of nitrogens with two attached hydrogens (primary N) is 2. The maximum Gasteiger partial charge on any atom is 0.196 e. The van der Waals surface area contributed by atoms with Crippen LogP contribution in [0.3, 0.4) is 0 Å². The molecule has 0 spiro atoms. The molecule has 0 unspecified atom stereocenters. The van der Waals surface area contributed by atoms with Crippen molar-refractivity contribution < 1.29 is 9.59 Å². The van der Waals surface area contributed by atoms with Gasteiger partial charge in [0.2, 0.25) is 0 Å². The van der Waals surface area contributed by atoms with Gasteiger partial charge in [-0.3, -0.25) is 9.59 Å². The van der Waals surface area contributed by atoms with Gasteiger partial charge in [0.1, 0.15) is 0 Å². The molecule has 5 heteroatoms. The molecule has 28 heavy (non-hydrogen) atoms. The summed E-state index contributed by atoms with van der Waals surface area (Å²) in [5.41, 5.74) is 18.9. The zero-order chi connectivity index (χ0) is 20.2. The lowest BCUT2D eigenvalue weighted by Gasteiger charge is -2.23. The second-order valence-electron chi connectivity index (χ2n) is 7.21. The minimum absolute atomic E-state index is 0.213. The van der Waals surface area contributed by atoms with E-state index in [1.165, 1.54) is 0 Å². The summed E-state index contributed by atoms with van der Waals surface area (Å²) in [6.07, 6.45) is 0. The fraction of sp³-hybridized carbons (Fsp3) is 0.130. The molecule has 0 heterocycles. The van der Waals surface area contributed by atoms with Gasteiger partial charge in [-0.05, 0) is 49.6 Å². The standard InChI is InChI=1S/C23H21N3O2/c1-11-10-12(2)21(13(3)20(11)25)26-17-9-8-16(24)18-19(17)23(28)15-7-5-4-6-14(15)22(18)27/h4-10,26H,24-25H2,1-3H3. The van der Waals surface area contributed by atoms with E-state index in [1.54, 1.807) is 36.4 Å². The predicted molar refractivity (Wildman–Crippen MR) is 113 cm³/mol. The molecule has 4 rings (SSSR count). The van der Waals surface area contributed by atoms with Crippen molar-refractivity contribution in [3.05, 3.63) is 81.4 Å². The van der Waals surface area contributed by atoms with Gasteiger partial charge in [0.25, 0.3) is 0 Å². The summed E-state index contributed by atoms with van der Waals surface area (Å²) in [4.78, 5) is 26.3. The number of ketones is 2. The molecule has 0 fully saturated rings. The molecule has 5 nitrogen and oxygen atoms in total. The summed E-state index contributed by atoms with van der Waals surface area (Å²) in [6, 6.07) is 12.2. The number of carbonyl (C=O) groups excluding carboxylic acids is 2. The van der Waals surface area contributed by atoms with Gasteiger partial charge in [-0.25, -0.2) is 0 Å². The van der Waals surface area contributed by atoms with Crippen molar-refractivity contribution in [2.45, 2.75) is 20.8 Å². The van der Waals surface area contributed by atoms with Gasteiger partial charge >= 0.3 is 0 Å². The van der Waals surface area contributed by atoms with Crippen molar-refractivity contribution in [2.24, 2.45) is 0 Å². The van der Waals surface area contributed by atoms with E-state index in [0.29, 0.717) is 33.8 Å². The average molecular weight is 371 g/mol. The van der Waals surface area contributed by atoms with Crippen LogP contribution in [-0.4, -0.2) is 11.6 Å². The van der Waals surface area contributed by atoms with Crippen LogP contribution in [0, 0.1) is 20.8 Å². The first-order chi connectivity index (χ1) is 13.3. The molecule has 140 valence electrons. The van der Waals surface area contributed by atoms with Gasteiger partial charge in [0.05, 0.1) is 16.8 Å². The third-order valence-electron chi connectivity index (χ3n) is 5.40. The Kier molecular flexibility index (Phi) is 3.96. The molecule has 0 atom stereocenters. The van der Waals surface area contributed by atoms with E-state index in [9.17, 15) is 9.59 Å². The van der Waals surface area contributed by atoms with Crippen molar-refractivity contribution in [1.82, 2.24) is 0 Å². The molecule has 0 amide bonds. The van der Waals surface area contributed by atoms with E-state index in [2.05, 4.69) is 5.32 Å². The van der Waals surface area contributed by atoms with Crippen LogP contribution in [0.1, 0.15) is 48.5 Å². The Bertz CT molecular complexity index is 1180. The predicted octanol–water partition coefficient (Wildman–Crippen LogP) is 4.30. The molecule has 0 aromatic heterocycles. The van der Waals surface area contributed by atoms with Gasteiger partial charge in [-0.1, -0.05) is 30.3 Å². The number of hydrogen-bond donors (Lipinski definition) is 3. The van der Waals surface area contributed by atoms with Crippen molar-refractivity contribution >= 4 is 34.3 Å². The van der Waals surface area contributed by atoms with Crippen LogP contribution in [-0.2, 0) is 0 Å². The van der Waals surface area contributed by atoms with E-state index >= 15 is 0 Å². The molecule has 1 aliphatic carbocycles. The molecule has 0 saturated carbocycles. The molecule has 3 aromatic carbocycles. The van der Waals surface area contributed by atoms with E-state index in [-0.39, 0.29) is 17.1 Å². The Morgan fingerprint density at radius 1 is 0.786 bits per heavy atom. The molecular weight excluding hydrogens is 350 g/mol. The number of anilines is 4. The fourth-order valence-corrected chi connectivity index (χ4v) is 3.88. The Morgan fingerprint density at radius 2 is 1.39 bits per heavy atom. The Morgan fingerprint density at radius 3 is 2.04 bits per heavy atom. The maximum absolute atomic E-state index is 13.2. The van der Waals surface area contributed by atoms with Crippen LogP contribution in [0.25, 0.3) is 0 Å². The van der Waals surface area contributed by atoms with Crippen molar-refractivity contribution in [3.8, 4) is 0 Å². The van der Waals surface area contributed by atoms with Crippen LogP contribution in [0.4, 0.5) is 22.7 Å². The topological polar surface area (TPSA) is 98.2 Å². The number of carbonyl (C=O) groups is 2. The van der Waals surface area contributed by atoms with Crippen LogP contribution in [0.5, 0.6) is 0 Å². The number of aryl methyl sites for hydroxylation is 2. The van der Waals surface area contributed by atoms with Crippen LogP contribution < -0.4 is 16.8 Å². The number of nitrogens with one attached hydrogen (secondary N) is 1. The summed E-state index contributed by atoms with van der Waals surface area (Å²) in [5.74, 6) is -0.446. The van der Waals surface area contributed by atoms with Gasteiger partial charge < -0.3 is 16.8 Å². The lowest BCUT2D eigenvalue weighted by Crippen LogP contribution is -2.23. The summed E-state index contributed by atoms with van der Waals surface area (Å²) in [6.45, 7) is 5.88. The second kappa shape index (κ2) is 6.23. The lowest BCUT2D eigenvalue weighted by molar-refractivity contribution is 0.0980. The minimum atomic E-state index is -0.233.